The number of hydrogen-bond donors (Lipinski definition) is 1. The molecule has 0 bridgehead atoms. The lowest BCUT2D eigenvalue weighted by molar-refractivity contribution is -0.116. The van der Waals surface area contributed by atoms with Crippen LogP contribution < -0.4 is 5.32 Å². The van der Waals surface area contributed by atoms with Crippen molar-refractivity contribution in [1.82, 2.24) is 4.90 Å². The lowest BCUT2D eigenvalue weighted by atomic mass is 10.1. The number of rotatable bonds is 5. The molecule has 1 aliphatic heterocycles. The van der Waals surface area contributed by atoms with Crippen LogP contribution in [0, 0.1) is 0 Å². The first kappa shape index (κ1) is 16.3. The molecule has 1 N–H and O–H groups in total. The number of para-hydroxylation sites is 1. The van der Waals surface area contributed by atoms with Crippen molar-refractivity contribution in [2.45, 2.75) is 11.3 Å². The number of nitrogens with one attached hydrogen (secondary N) is 1. The molecule has 3 amide bonds. The Hall–Kier alpha value is -2.60. The van der Waals surface area contributed by atoms with E-state index in [1.54, 1.807) is 24.3 Å². The van der Waals surface area contributed by atoms with Crippen LogP contribution in [0.2, 0.25) is 0 Å². The third-order valence-electron chi connectivity index (χ3n) is 3.82. The Morgan fingerprint density at radius 3 is 2.21 bits per heavy atom. The minimum absolute atomic E-state index is 0.0637. The molecule has 3 rings (SSSR count). The molecule has 0 fully saturated rings. The van der Waals surface area contributed by atoms with Crippen molar-refractivity contribution >= 4 is 35.2 Å². The molecule has 122 valence electrons. The van der Waals surface area contributed by atoms with Gasteiger partial charge in [-0.05, 0) is 30.5 Å². The number of fused-ring (bicyclic) bond motifs is 1. The normalized spacial score (nSPS) is 13.1. The fraction of sp³-hybridized carbons (Fsp3) is 0.167. The monoisotopic (exact) mass is 340 g/mol. The average molecular weight is 340 g/mol. The molecule has 0 aromatic heterocycles. The van der Waals surface area contributed by atoms with Crippen LogP contribution in [0.4, 0.5) is 5.69 Å². The molecule has 1 heterocycles. The zero-order valence-electron chi connectivity index (χ0n) is 13.1. The van der Waals surface area contributed by atoms with Gasteiger partial charge in [-0.2, -0.15) is 0 Å². The number of amides is 3. The van der Waals surface area contributed by atoms with E-state index in [0.717, 1.165) is 15.5 Å². The summed E-state index contributed by atoms with van der Waals surface area (Å²) in [5.41, 5.74) is 1.53. The summed E-state index contributed by atoms with van der Waals surface area (Å²) in [5, 5.41) is 2.83. The van der Waals surface area contributed by atoms with Gasteiger partial charge in [0, 0.05) is 17.9 Å². The Kier molecular flexibility index (Phi) is 4.66. The number of nitrogens with zero attached hydrogens (tertiary/aromatic N) is 1. The van der Waals surface area contributed by atoms with E-state index in [1.807, 2.05) is 30.5 Å². The fourth-order valence-electron chi connectivity index (χ4n) is 2.62. The maximum absolute atomic E-state index is 12.2. The van der Waals surface area contributed by atoms with E-state index >= 15 is 0 Å². The van der Waals surface area contributed by atoms with Crippen LogP contribution >= 0.6 is 11.8 Å². The van der Waals surface area contributed by atoms with Gasteiger partial charge in [0.25, 0.3) is 11.8 Å². The van der Waals surface area contributed by atoms with E-state index in [9.17, 15) is 14.4 Å². The van der Waals surface area contributed by atoms with Gasteiger partial charge < -0.3 is 5.32 Å². The predicted octanol–water partition coefficient (Wildman–Crippen LogP) is 3.03. The van der Waals surface area contributed by atoms with E-state index in [4.69, 9.17) is 0 Å². The Morgan fingerprint density at radius 2 is 1.58 bits per heavy atom. The van der Waals surface area contributed by atoms with Crippen LogP contribution in [-0.2, 0) is 4.79 Å². The van der Waals surface area contributed by atoms with E-state index < -0.39 is 0 Å². The van der Waals surface area contributed by atoms with Crippen molar-refractivity contribution in [2.24, 2.45) is 0 Å². The van der Waals surface area contributed by atoms with Gasteiger partial charge in [0.15, 0.2) is 0 Å². The summed E-state index contributed by atoms with van der Waals surface area (Å²) in [4.78, 5) is 38.7. The summed E-state index contributed by atoms with van der Waals surface area (Å²) < 4.78 is 0. The van der Waals surface area contributed by atoms with Crippen LogP contribution in [-0.4, -0.2) is 35.4 Å². The number of carbonyl (C=O) groups excluding carboxylic acids is 3. The molecular weight excluding hydrogens is 324 g/mol. The number of thioether (sulfide) groups is 1. The highest BCUT2D eigenvalue weighted by molar-refractivity contribution is 7.98. The Balaban J connectivity index is 1.63. The molecule has 0 aliphatic carbocycles. The van der Waals surface area contributed by atoms with Crippen molar-refractivity contribution in [3.63, 3.8) is 0 Å². The van der Waals surface area contributed by atoms with E-state index in [0.29, 0.717) is 11.1 Å². The van der Waals surface area contributed by atoms with Crippen LogP contribution in [0.15, 0.2) is 53.4 Å². The summed E-state index contributed by atoms with van der Waals surface area (Å²) in [5.74, 6) is -0.908. The van der Waals surface area contributed by atoms with Crippen molar-refractivity contribution in [2.75, 3.05) is 18.1 Å². The van der Waals surface area contributed by atoms with Crippen LogP contribution in [0.25, 0.3) is 0 Å². The third-order valence-corrected chi connectivity index (χ3v) is 4.62. The van der Waals surface area contributed by atoms with Gasteiger partial charge in [0.1, 0.15) is 0 Å². The van der Waals surface area contributed by atoms with E-state index in [1.165, 1.54) is 11.8 Å². The fourth-order valence-corrected chi connectivity index (χ4v) is 3.17. The van der Waals surface area contributed by atoms with Crippen LogP contribution in [0.5, 0.6) is 0 Å². The molecule has 24 heavy (non-hydrogen) atoms. The zero-order valence-corrected chi connectivity index (χ0v) is 13.9. The number of benzene rings is 2. The van der Waals surface area contributed by atoms with Crippen LogP contribution in [0.1, 0.15) is 27.1 Å². The lowest BCUT2D eigenvalue weighted by Gasteiger charge is -2.14. The maximum atomic E-state index is 12.2. The topological polar surface area (TPSA) is 66.5 Å². The summed E-state index contributed by atoms with van der Waals surface area (Å²) in [7, 11) is 0. The number of carbonyl (C=O) groups is 3. The first-order chi connectivity index (χ1) is 11.6. The summed E-state index contributed by atoms with van der Waals surface area (Å²) in [6.45, 7) is 0.0691. The molecule has 6 heteroatoms. The molecule has 0 radical (unpaired) electrons. The lowest BCUT2D eigenvalue weighted by Crippen LogP contribution is -2.32. The largest absolute Gasteiger partial charge is 0.325 e. The SMILES string of the molecule is CSc1ccccc1NC(=O)CCN1C(=O)c2ccccc2C1=O. The summed E-state index contributed by atoms with van der Waals surface area (Å²) in [6, 6.07) is 14.2. The highest BCUT2D eigenvalue weighted by Gasteiger charge is 2.34. The van der Waals surface area contributed by atoms with Gasteiger partial charge in [0.2, 0.25) is 5.91 Å². The molecular formula is C18H16N2O3S. The van der Waals surface area contributed by atoms with Crippen molar-refractivity contribution < 1.29 is 14.4 Å². The second-order valence-corrected chi connectivity index (χ2v) is 6.15. The summed E-state index contributed by atoms with van der Waals surface area (Å²) in [6.07, 6.45) is 2.00. The number of hydrogen-bond acceptors (Lipinski definition) is 4. The van der Waals surface area contributed by atoms with Crippen molar-refractivity contribution in [3.8, 4) is 0 Å². The molecule has 0 saturated carbocycles. The first-order valence-electron chi connectivity index (χ1n) is 7.50. The van der Waals surface area contributed by atoms with Crippen LogP contribution in [0.3, 0.4) is 0 Å². The van der Waals surface area contributed by atoms with Gasteiger partial charge in [-0.3, -0.25) is 19.3 Å². The molecule has 0 atom stereocenters. The van der Waals surface area contributed by atoms with E-state index in [2.05, 4.69) is 5.32 Å². The number of anilines is 1. The Labute approximate surface area is 144 Å². The maximum Gasteiger partial charge on any atom is 0.261 e. The second kappa shape index (κ2) is 6.88. The molecule has 2 aromatic rings. The van der Waals surface area contributed by atoms with Crippen molar-refractivity contribution in [1.29, 1.82) is 0 Å². The van der Waals surface area contributed by atoms with E-state index in [-0.39, 0.29) is 30.7 Å². The van der Waals surface area contributed by atoms with Gasteiger partial charge in [-0.25, -0.2) is 0 Å². The van der Waals surface area contributed by atoms with Gasteiger partial charge in [-0.1, -0.05) is 24.3 Å². The zero-order chi connectivity index (χ0) is 17.1. The quantitative estimate of drug-likeness (QED) is 0.671. The smallest absolute Gasteiger partial charge is 0.261 e. The highest BCUT2D eigenvalue weighted by Crippen LogP contribution is 2.25. The van der Waals surface area contributed by atoms with Gasteiger partial charge >= 0.3 is 0 Å². The number of imide groups is 1. The minimum atomic E-state index is -0.340. The molecule has 2 aromatic carbocycles. The second-order valence-electron chi connectivity index (χ2n) is 5.31. The molecule has 0 spiro atoms. The first-order valence-corrected chi connectivity index (χ1v) is 8.72. The summed E-state index contributed by atoms with van der Waals surface area (Å²) >= 11 is 1.54. The molecule has 0 saturated heterocycles. The molecule has 1 aliphatic rings. The predicted molar refractivity (Wildman–Crippen MR) is 93.3 cm³/mol. The van der Waals surface area contributed by atoms with Gasteiger partial charge in [-0.15, -0.1) is 11.8 Å². The Morgan fingerprint density at radius 1 is 1.00 bits per heavy atom. The third kappa shape index (κ3) is 3.05. The standard InChI is InChI=1S/C18H16N2O3S/c1-24-15-9-5-4-8-14(15)19-16(21)10-11-20-17(22)12-6-2-3-7-13(12)18(20)23/h2-9H,10-11H2,1H3,(H,19,21). The average Bonchev–Trinajstić information content (AvgIpc) is 2.85. The molecule has 0 unspecified atom stereocenters. The Bertz CT molecular complexity index is 784. The minimum Gasteiger partial charge on any atom is -0.325 e. The van der Waals surface area contributed by atoms with Crippen molar-refractivity contribution in [3.05, 3.63) is 59.7 Å². The van der Waals surface area contributed by atoms with Gasteiger partial charge in [0.05, 0.1) is 16.8 Å². The molecule has 5 nitrogen and oxygen atoms in total. The highest BCUT2D eigenvalue weighted by atomic mass is 32.2.